The molecule has 10 aliphatic heterocycles. The highest BCUT2D eigenvalue weighted by Gasteiger charge is 2.70. The lowest BCUT2D eigenvalue weighted by Gasteiger charge is -2.62. The Morgan fingerprint density at radius 2 is 1.86 bits per heavy atom. The van der Waals surface area contributed by atoms with Crippen LogP contribution in [0.3, 0.4) is 0 Å². The molecule has 6 atom stereocenters. The maximum Gasteiger partial charge on any atom is 0.647 e. The normalized spacial score (nSPS) is 42.9. The minimum Gasteiger partial charge on any atom is -0.490 e. The molecule has 10 aliphatic rings. The second-order valence-electron chi connectivity index (χ2n) is 9.40. The van der Waals surface area contributed by atoms with Gasteiger partial charge in [0, 0.05) is 24.1 Å². The van der Waals surface area contributed by atoms with Crippen molar-refractivity contribution in [2.45, 2.75) is 24.4 Å². The minimum atomic E-state index is -4.45. The first kappa shape index (κ1) is 20.6. The number of ether oxygens (including phenoxy) is 1. The average Bonchev–Trinajstić information content (AvgIpc) is 2.84. The molecule has 0 amide bonds. The first-order valence-corrected chi connectivity index (χ1v) is 13.9. The van der Waals surface area contributed by atoms with Crippen molar-refractivity contribution in [2.75, 3.05) is 20.2 Å². The number of aromatic nitrogens is 1. The molecule has 0 saturated carbocycles. The highest BCUT2D eigenvalue weighted by Crippen LogP contribution is 2.74. The zero-order chi connectivity index (χ0) is 24.1. The van der Waals surface area contributed by atoms with Gasteiger partial charge < -0.3 is 32.9 Å². The predicted octanol–water partition coefficient (Wildman–Crippen LogP) is 2.59. The number of benzene rings is 1. The summed E-state index contributed by atoms with van der Waals surface area (Å²) in [5.41, 5.74) is -0.748. The largest absolute Gasteiger partial charge is 0.647 e. The maximum absolute atomic E-state index is 13.5. The molecule has 11 heterocycles. The van der Waals surface area contributed by atoms with Gasteiger partial charge >= 0.3 is 15.6 Å². The number of aliphatic hydroxyl groups is 1. The number of rotatable bonds is 2. The Kier molecular flexibility index (Phi) is 3.57. The molecular formula is C20H18N2O11P2. The molecule has 1 spiro atoms. The first-order chi connectivity index (χ1) is 16.7. The fourth-order valence-electron chi connectivity index (χ4n) is 6.34. The molecule has 184 valence electrons. The van der Waals surface area contributed by atoms with Gasteiger partial charge in [-0.3, -0.25) is 9.69 Å². The summed E-state index contributed by atoms with van der Waals surface area (Å²) in [4.78, 5) is 17.7. The fourth-order valence-corrected chi connectivity index (χ4v) is 9.28. The van der Waals surface area contributed by atoms with E-state index in [4.69, 9.17) is 31.9 Å². The number of aromatic amines is 1. The van der Waals surface area contributed by atoms with E-state index in [-0.39, 0.29) is 63.6 Å². The Balaban J connectivity index is 1.50. The number of hydrogen-bond acceptors (Lipinski definition) is 12. The van der Waals surface area contributed by atoms with E-state index in [0.717, 1.165) is 0 Å². The summed E-state index contributed by atoms with van der Waals surface area (Å²) in [6.07, 6.45) is 0.883. The van der Waals surface area contributed by atoms with Crippen molar-refractivity contribution in [3.05, 3.63) is 28.6 Å². The molecule has 13 nitrogen and oxygen atoms in total. The van der Waals surface area contributed by atoms with E-state index in [1.54, 1.807) is 6.08 Å². The lowest BCUT2D eigenvalue weighted by atomic mass is 9.70. The Bertz CT molecular complexity index is 1540. The number of phosphoric ester groups is 2. The summed E-state index contributed by atoms with van der Waals surface area (Å²) < 4.78 is 66.7. The summed E-state index contributed by atoms with van der Waals surface area (Å²) >= 11 is 0. The van der Waals surface area contributed by atoms with Crippen molar-refractivity contribution in [1.82, 2.24) is 9.88 Å². The summed E-state index contributed by atoms with van der Waals surface area (Å²) in [7, 11) is -7.32. The molecule has 35 heavy (non-hydrogen) atoms. The van der Waals surface area contributed by atoms with Crippen LogP contribution in [0.25, 0.3) is 10.9 Å². The third kappa shape index (κ3) is 2.32. The highest BCUT2D eigenvalue weighted by molar-refractivity contribution is 7.50. The van der Waals surface area contributed by atoms with Crippen LogP contribution >= 0.6 is 15.6 Å². The maximum atomic E-state index is 13.5. The quantitative estimate of drug-likeness (QED) is 0.438. The molecule has 0 radical (unpaired) electrons. The molecule has 2 N–H and O–H groups in total. The van der Waals surface area contributed by atoms with Crippen LogP contribution in [0.4, 0.5) is 0 Å². The minimum absolute atomic E-state index is 0.0145. The van der Waals surface area contributed by atoms with Crippen molar-refractivity contribution < 1.29 is 46.1 Å². The summed E-state index contributed by atoms with van der Waals surface area (Å²) in [5, 5.41) is 11.9. The van der Waals surface area contributed by atoms with Gasteiger partial charge in [0.25, 0.3) is 5.56 Å². The zero-order valence-corrected chi connectivity index (χ0v) is 19.9. The summed E-state index contributed by atoms with van der Waals surface area (Å²) in [6.45, 7) is 4.67. The molecule has 1 aromatic heterocycles. The number of aliphatic hydroxyl groups excluding tert-OH is 1. The second kappa shape index (κ2) is 6.05. The van der Waals surface area contributed by atoms with Crippen molar-refractivity contribution in [1.29, 1.82) is 0 Å². The van der Waals surface area contributed by atoms with Crippen LogP contribution in [0.5, 0.6) is 28.7 Å². The Labute approximate surface area is 196 Å². The third-order valence-electron chi connectivity index (χ3n) is 7.71. The van der Waals surface area contributed by atoms with Crippen LogP contribution in [0.2, 0.25) is 0 Å². The standard InChI is InChI=1S/C20H18N2O11P2/c1-3-7-5-22-6-20-8(7)4-9(22)13(23)11-10-12-16(30-35(26,32-20)33-20)18-17(27-2)14(10)28-34(25,31-18)29-15(11)19(24)21-12/h3,7-9,13,23H,1,4-6H2,2H3,(H,21,24)/t7-,8?,9-,13-,20?,34?,35?/m0/s1. The number of phosphoric acid groups is 2. The van der Waals surface area contributed by atoms with Gasteiger partial charge in [-0.1, -0.05) is 6.08 Å². The molecule has 15 heteroatoms. The van der Waals surface area contributed by atoms with E-state index in [2.05, 4.69) is 11.6 Å². The fraction of sp³-hybridized carbons (Fsp3) is 0.450. The molecule has 13 bridgehead atoms. The van der Waals surface area contributed by atoms with Gasteiger partial charge in [-0.2, -0.15) is 4.57 Å². The molecule has 4 saturated heterocycles. The van der Waals surface area contributed by atoms with Crippen LogP contribution in [0.1, 0.15) is 18.1 Å². The lowest BCUT2D eigenvalue weighted by Crippen LogP contribution is -2.71. The van der Waals surface area contributed by atoms with Gasteiger partial charge in [0.1, 0.15) is 5.52 Å². The van der Waals surface area contributed by atoms with Crippen LogP contribution in [-0.4, -0.2) is 47.0 Å². The third-order valence-corrected chi connectivity index (χ3v) is 10.4. The first-order valence-electron chi connectivity index (χ1n) is 11.0. The lowest BCUT2D eigenvalue weighted by molar-refractivity contribution is -0.305. The second-order valence-corrected chi connectivity index (χ2v) is 12.3. The zero-order valence-electron chi connectivity index (χ0n) is 18.1. The number of H-pyrrole nitrogens is 1. The molecule has 0 aliphatic carbocycles. The molecule has 2 aromatic rings. The van der Waals surface area contributed by atoms with E-state index >= 15 is 0 Å². The van der Waals surface area contributed by atoms with E-state index in [0.29, 0.717) is 13.0 Å². The van der Waals surface area contributed by atoms with Gasteiger partial charge in [-0.15, -0.1) is 6.58 Å². The average molecular weight is 524 g/mol. The number of hydrogen-bond donors (Lipinski definition) is 2. The highest BCUT2D eigenvalue weighted by atomic mass is 31.2. The number of nitrogens with zero attached hydrogens (tertiary/aromatic N) is 1. The SMILES string of the molecule is C=C[C@H]1CN2CC34OP(=O)(Oc5c6c(OC)c7c8c(c(c(=O)[nH]c58)OP(=O)(O6)O7)[C@@H](O)[C@@H]2CC13)O4. The molecule has 3 unspecified atom stereocenters. The number of pyridine rings is 1. The number of methoxy groups -OCH3 is 1. The van der Waals surface area contributed by atoms with E-state index in [1.807, 2.05) is 4.90 Å². The summed E-state index contributed by atoms with van der Waals surface area (Å²) in [6, 6.07) is -0.497. The number of nitrogens with one attached hydrogen (secondary N) is 1. The summed E-state index contributed by atoms with van der Waals surface area (Å²) in [5.74, 6) is -2.55. The van der Waals surface area contributed by atoms with Gasteiger partial charge in [-0.05, 0) is 12.3 Å². The van der Waals surface area contributed by atoms with Gasteiger partial charge in [0.2, 0.25) is 28.8 Å². The predicted molar refractivity (Wildman–Crippen MR) is 116 cm³/mol. The molecule has 1 aromatic carbocycles. The van der Waals surface area contributed by atoms with Crippen molar-refractivity contribution in [3.63, 3.8) is 0 Å². The Morgan fingerprint density at radius 3 is 2.57 bits per heavy atom. The monoisotopic (exact) mass is 524 g/mol. The molecule has 4 fully saturated rings. The molecule has 12 rings (SSSR count). The van der Waals surface area contributed by atoms with E-state index < -0.39 is 39.1 Å². The molecular weight excluding hydrogens is 506 g/mol. The van der Waals surface area contributed by atoms with Crippen LogP contribution in [0.15, 0.2) is 17.4 Å². The van der Waals surface area contributed by atoms with Crippen LogP contribution in [0, 0.1) is 11.8 Å². The van der Waals surface area contributed by atoms with Gasteiger partial charge in [-0.25, -0.2) is 13.6 Å². The Hall–Kier alpha value is -2.53. The van der Waals surface area contributed by atoms with Gasteiger partial charge in [0.05, 0.1) is 25.1 Å². The van der Waals surface area contributed by atoms with Crippen molar-refractivity contribution in [3.8, 4) is 28.7 Å². The smallest absolute Gasteiger partial charge is 0.490 e. The van der Waals surface area contributed by atoms with Crippen molar-refractivity contribution in [2.24, 2.45) is 11.8 Å². The van der Waals surface area contributed by atoms with Crippen molar-refractivity contribution >= 4 is 26.5 Å². The van der Waals surface area contributed by atoms with E-state index in [9.17, 15) is 19.0 Å². The Morgan fingerprint density at radius 1 is 1.14 bits per heavy atom. The van der Waals surface area contributed by atoms with Gasteiger partial charge in [0.15, 0.2) is 5.75 Å². The van der Waals surface area contributed by atoms with E-state index in [1.165, 1.54) is 7.11 Å². The topological polar surface area (TPSA) is 155 Å². The number of piperidine rings is 3. The van der Waals surface area contributed by atoms with Crippen LogP contribution in [-0.2, 0) is 18.2 Å². The number of fused-ring (bicyclic) bond motifs is 3. The van der Waals surface area contributed by atoms with Crippen LogP contribution < -0.4 is 28.4 Å².